The summed E-state index contributed by atoms with van der Waals surface area (Å²) in [7, 11) is 0. The zero-order chi connectivity index (χ0) is 17.5. The topological polar surface area (TPSA) is 26.3 Å². The van der Waals surface area contributed by atoms with Crippen molar-refractivity contribution in [2.75, 3.05) is 0 Å². The van der Waals surface area contributed by atoms with Gasteiger partial charge in [0.1, 0.15) is 6.10 Å². The van der Waals surface area contributed by atoms with Gasteiger partial charge in [0.25, 0.3) is 0 Å². The van der Waals surface area contributed by atoms with Crippen LogP contribution in [0.25, 0.3) is 0 Å². The third kappa shape index (κ3) is 2.95. The van der Waals surface area contributed by atoms with Gasteiger partial charge in [-0.25, -0.2) is 0 Å². The van der Waals surface area contributed by atoms with Crippen LogP contribution in [0.5, 0.6) is 0 Å². The Labute approximate surface area is 148 Å². The monoisotopic (exact) mass is 332 g/mol. The number of esters is 1. The van der Waals surface area contributed by atoms with E-state index in [0.29, 0.717) is 16.7 Å². The van der Waals surface area contributed by atoms with Crippen molar-refractivity contribution < 1.29 is 9.53 Å². The fourth-order valence-corrected chi connectivity index (χ4v) is 6.43. The summed E-state index contributed by atoms with van der Waals surface area (Å²) < 4.78 is 5.55. The average molecular weight is 333 g/mol. The summed E-state index contributed by atoms with van der Waals surface area (Å²) in [6, 6.07) is 0. The van der Waals surface area contributed by atoms with Gasteiger partial charge >= 0.3 is 5.97 Å². The van der Waals surface area contributed by atoms with Crippen LogP contribution in [-0.2, 0) is 9.53 Å². The number of fused-ring (bicyclic) bond motifs is 1. The molecule has 0 aromatic rings. The first-order valence-corrected chi connectivity index (χ1v) is 10.1. The second kappa shape index (κ2) is 6.50. The number of carbonyl (C=O) groups excluding carboxylic acids is 1. The summed E-state index contributed by atoms with van der Waals surface area (Å²) in [6.07, 6.45) is 11.4. The standard InChI is InChI=1S/C22H36O2/c1-6-17-14-20(24-16(3)23)10-12-22(17,5)19-9-11-21(4)15(2)7-8-18(21)13-19/h17-20H,2,6-14H2,1,3-5H3/t17-,18?,19?,20-,21+,22-/m0/s1. The molecule has 0 radical (unpaired) electrons. The van der Waals surface area contributed by atoms with Crippen LogP contribution < -0.4 is 0 Å². The minimum atomic E-state index is -0.114. The Hall–Kier alpha value is -0.790. The third-order valence-corrected chi connectivity index (χ3v) is 8.33. The molecule has 0 N–H and O–H groups in total. The summed E-state index contributed by atoms with van der Waals surface area (Å²) in [5, 5.41) is 0. The molecular formula is C22H36O2. The lowest BCUT2D eigenvalue weighted by Crippen LogP contribution is -2.46. The van der Waals surface area contributed by atoms with Gasteiger partial charge in [-0.2, -0.15) is 0 Å². The van der Waals surface area contributed by atoms with Crippen LogP contribution in [0.4, 0.5) is 0 Å². The van der Waals surface area contributed by atoms with Crippen LogP contribution in [0.1, 0.15) is 85.5 Å². The van der Waals surface area contributed by atoms with Gasteiger partial charge in [-0.3, -0.25) is 4.79 Å². The molecule has 3 rings (SSSR count). The molecule has 2 nitrogen and oxygen atoms in total. The minimum absolute atomic E-state index is 0.114. The van der Waals surface area contributed by atoms with Crippen LogP contribution in [-0.4, -0.2) is 12.1 Å². The highest BCUT2D eigenvalue weighted by atomic mass is 16.5. The van der Waals surface area contributed by atoms with Gasteiger partial charge in [-0.15, -0.1) is 0 Å². The Morgan fingerprint density at radius 3 is 2.58 bits per heavy atom. The number of allylic oxidation sites excluding steroid dienone is 1. The van der Waals surface area contributed by atoms with Gasteiger partial charge in [0, 0.05) is 6.92 Å². The van der Waals surface area contributed by atoms with E-state index in [0.717, 1.165) is 24.7 Å². The molecule has 6 atom stereocenters. The first kappa shape index (κ1) is 18.0. The largest absolute Gasteiger partial charge is 0.463 e. The Morgan fingerprint density at radius 1 is 1.17 bits per heavy atom. The maximum absolute atomic E-state index is 11.3. The van der Waals surface area contributed by atoms with Gasteiger partial charge in [-0.1, -0.05) is 39.3 Å². The second-order valence-electron chi connectivity index (χ2n) is 9.34. The number of rotatable bonds is 3. The molecule has 0 amide bonds. The van der Waals surface area contributed by atoms with Crippen molar-refractivity contribution in [3.05, 3.63) is 12.2 Å². The van der Waals surface area contributed by atoms with Crippen LogP contribution in [0.3, 0.4) is 0 Å². The first-order valence-electron chi connectivity index (χ1n) is 10.1. The average Bonchev–Trinajstić information content (AvgIpc) is 2.83. The first-order chi connectivity index (χ1) is 11.3. The Morgan fingerprint density at radius 2 is 1.92 bits per heavy atom. The number of hydrogen-bond donors (Lipinski definition) is 0. The van der Waals surface area contributed by atoms with Crippen molar-refractivity contribution >= 4 is 5.97 Å². The smallest absolute Gasteiger partial charge is 0.302 e. The lowest BCUT2D eigenvalue weighted by atomic mass is 9.52. The van der Waals surface area contributed by atoms with Gasteiger partial charge in [-0.05, 0) is 80.0 Å². The molecule has 0 aromatic heterocycles. The molecule has 0 spiro atoms. The molecule has 3 aliphatic rings. The molecule has 3 aliphatic carbocycles. The summed E-state index contributed by atoms with van der Waals surface area (Å²) in [4.78, 5) is 11.3. The van der Waals surface area contributed by atoms with Crippen molar-refractivity contribution in [1.82, 2.24) is 0 Å². The van der Waals surface area contributed by atoms with E-state index < -0.39 is 0 Å². The van der Waals surface area contributed by atoms with Crippen molar-refractivity contribution in [2.24, 2.45) is 28.6 Å². The lowest BCUT2D eigenvalue weighted by Gasteiger charge is -2.53. The highest BCUT2D eigenvalue weighted by molar-refractivity contribution is 5.66. The predicted octanol–water partition coefficient (Wildman–Crippen LogP) is 5.91. The zero-order valence-corrected chi connectivity index (χ0v) is 16.2. The fourth-order valence-electron chi connectivity index (χ4n) is 6.43. The van der Waals surface area contributed by atoms with Crippen molar-refractivity contribution in [1.29, 1.82) is 0 Å². The Bertz CT molecular complexity index is 510. The maximum atomic E-state index is 11.3. The van der Waals surface area contributed by atoms with E-state index in [9.17, 15) is 4.79 Å². The SMILES string of the molecule is C=C1CCC2CC([C@@]3(C)CC[C@H](OC(C)=O)C[C@@H]3CC)CC[C@]12C. The van der Waals surface area contributed by atoms with Gasteiger partial charge < -0.3 is 4.74 Å². The molecule has 0 aliphatic heterocycles. The van der Waals surface area contributed by atoms with Crippen molar-refractivity contribution in [2.45, 2.75) is 91.6 Å². The number of carbonyl (C=O) groups is 1. The van der Waals surface area contributed by atoms with Gasteiger partial charge in [0.05, 0.1) is 0 Å². The molecule has 24 heavy (non-hydrogen) atoms. The van der Waals surface area contributed by atoms with E-state index >= 15 is 0 Å². The van der Waals surface area contributed by atoms with E-state index in [1.54, 1.807) is 6.92 Å². The fraction of sp³-hybridized carbons (Fsp3) is 0.864. The highest BCUT2D eigenvalue weighted by Crippen LogP contribution is 2.61. The molecule has 2 heteroatoms. The van der Waals surface area contributed by atoms with Crippen molar-refractivity contribution in [3.8, 4) is 0 Å². The summed E-state index contributed by atoms with van der Waals surface area (Å²) >= 11 is 0. The van der Waals surface area contributed by atoms with E-state index in [1.165, 1.54) is 50.5 Å². The van der Waals surface area contributed by atoms with Crippen LogP contribution >= 0.6 is 0 Å². The van der Waals surface area contributed by atoms with Crippen LogP contribution in [0, 0.1) is 28.6 Å². The molecule has 0 heterocycles. The Balaban J connectivity index is 1.71. The van der Waals surface area contributed by atoms with Gasteiger partial charge in [0.15, 0.2) is 0 Å². The van der Waals surface area contributed by atoms with Gasteiger partial charge in [0.2, 0.25) is 0 Å². The third-order valence-electron chi connectivity index (χ3n) is 8.33. The summed E-state index contributed by atoms with van der Waals surface area (Å²) in [5.74, 6) is 2.26. The minimum Gasteiger partial charge on any atom is -0.463 e. The van der Waals surface area contributed by atoms with E-state index in [4.69, 9.17) is 4.74 Å². The number of ether oxygens (including phenoxy) is 1. The predicted molar refractivity (Wildman–Crippen MR) is 98.6 cm³/mol. The van der Waals surface area contributed by atoms with E-state index in [-0.39, 0.29) is 12.1 Å². The molecular weight excluding hydrogens is 296 g/mol. The quantitative estimate of drug-likeness (QED) is 0.474. The molecule has 3 saturated carbocycles. The second-order valence-corrected chi connectivity index (χ2v) is 9.34. The van der Waals surface area contributed by atoms with Crippen LogP contribution in [0.15, 0.2) is 12.2 Å². The van der Waals surface area contributed by atoms with E-state index in [2.05, 4.69) is 27.4 Å². The molecule has 3 fully saturated rings. The number of hydrogen-bond acceptors (Lipinski definition) is 2. The maximum Gasteiger partial charge on any atom is 0.302 e. The molecule has 0 saturated heterocycles. The summed E-state index contributed by atoms with van der Waals surface area (Å²) in [5.41, 5.74) is 2.36. The van der Waals surface area contributed by atoms with Crippen LogP contribution in [0.2, 0.25) is 0 Å². The molecule has 136 valence electrons. The molecule has 0 aromatic carbocycles. The summed E-state index contributed by atoms with van der Waals surface area (Å²) in [6.45, 7) is 13.3. The molecule has 0 bridgehead atoms. The highest BCUT2D eigenvalue weighted by Gasteiger charge is 2.52. The normalized spacial score (nSPS) is 45.8. The zero-order valence-electron chi connectivity index (χ0n) is 16.2. The van der Waals surface area contributed by atoms with Crippen molar-refractivity contribution in [3.63, 3.8) is 0 Å². The lowest BCUT2D eigenvalue weighted by molar-refractivity contribution is -0.152. The Kier molecular flexibility index (Phi) is 4.88. The van der Waals surface area contributed by atoms with E-state index in [1.807, 2.05) is 0 Å². The molecule has 2 unspecified atom stereocenters.